The van der Waals surface area contributed by atoms with Gasteiger partial charge in [-0.3, -0.25) is 4.79 Å². The van der Waals surface area contributed by atoms with Gasteiger partial charge in [0.1, 0.15) is 0 Å². The second kappa shape index (κ2) is 4.24. The van der Waals surface area contributed by atoms with Gasteiger partial charge >= 0.3 is 0 Å². The van der Waals surface area contributed by atoms with Crippen molar-refractivity contribution in [1.82, 2.24) is 0 Å². The molecule has 0 fully saturated rings. The molecule has 1 aromatic rings. The summed E-state index contributed by atoms with van der Waals surface area (Å²) in [5.41, 5.74) is 1.45. The van der Waals surface area contributed by atoms with Gasteiger partial charge in [-0.15, -0.1) is 0 Å². The van der Waals surface area contributed by atoms with E-state index in [9.17, 15) is 4.79 Å². The predicted molar refractivity (Wildman–Crippen MR) is 47.6 cm³/mol. The molecule has 0 aromatic heterocycles. The van der Waals surface area contributed by atoms with Gasteiger partial charge in [0.2, 0.25) is 0 Å². The number of benzene rings is 1. The van der Waals surface area contributed by atoms with Crippen molar-refractivity contribution in [2.24, 2.45) is 0 Å². The number of rotatable bonds is 3. The quantitative estimate of drug-likeness (QED) is 0.674. The van der Waals surface area contributed by atoms with E-state index in [-0.39, 0.29) is 0 Å². The van der Waals surface area contributed by atoms with Crippen LogP contribution in [0.3, 0.4) is 0 Å². The summed E-state index contributed by atoms with van der Waals surface area (Å²) in [6, 6.07) is 5.25. The number of carbonyl (C=O) groups excluding carboxylic acids is 1. The Morgan fingerprint density at radius 2 is 2.33 bits per heavy atom. The minimum atomic E-state index is 0.477. The van der Waals surface area contributed by atoms with Gasteiger partial charge in [-0.05, 0) is 17.7 Å². The van der Waals surface area contributed by atoms with Gasteiger partial charge in [-0.2, -0.15) is 0 Å². The molecule has 0 bridgehead atoms. The fraction of sp³-hybridized carbons (Fsp3) is 0.222. The number of carbonyl (C=O) groups is 1. The second-order valence-electron chi connectivity index (χ2n) is 2.41. The smallest absolute Gasteiger partial charge is 0.151 e. The number of aldehydes is 1. The minimum absolute atomic E-state index is 0.477. The summed E-state index contributed by atoms with van der Waals surface area (Å²) in [6.45, 7) is 0.498. The lowest BCUT2D eigenvalue weighted by Crippen LogP contribution is -1.90. The van der Waals surface area contributed by atoms with E-state index in [4.69, 9.17) is 16.3 Å². The molecule has 0 atom stereocenters. The topological polar surface area (TPSA) is 26.3 Å². The van der Waals surface area contributed by atoms with Crippen LogP contribution in [-0.2, 0) is 11.3 Å². The molecule has 0 unspecified atom stereocenters. The van der Waals surface area contributed by atoms with Crippen molar-refractivity contribution in [1.29, 1.82) is 0 Å². The Kier molecular flexibility index (Phi) is 3.26. The molecule has 1 aromatic carbocycles. The third-order valence-electron chi connectivity index (χ3n) is 1.50. The van der Waals surface area contributed by atoms with Crippen LogP contribution in [0.25, 0.3) is 0 Å². The Morgan fingerprint density at radius 3 is 2.92 bits per heavy atom. The fourth-order valence-electron chi connectivity index (χ4n) is 0.940. The van der Waals surface area contributed by atoms with Gasteiger partial charge in [0, 0.05) is 12.7 Å². The first-order chi connectivity index (χ1) is 5.77. The zero-order valence-corrected chi connectivity index (χ0v) is 7.47. The van der Waals surface area contributed by atoms with Crippen LogP contribution in [0.5, 0.6) is 0 Å². The van der Waals surface area contributed by atoms with Gasteiger partial charge in [0.25, 0.3) is 0 Å². The van der Waals surface area contributed by atoms with Crippen molar-refractivity contribution in [2.75, 3.05) is 7.11 Å². The summed E-state index contributed by atoms with van der Waals surface area (Å²) in [6.07, 6.45) is 0.738. The van der Waals surface area contributed by atoms with Crippen molar-refractivity contribution >= 4 is 17.9 Å². The highest BCUT2D eigenvalue weighted by Crippen LogP contribution is 2.15. The Hall–Kier alpha value is -0.860. The Bertz CT molecular complexity index is 284. The van der Waals surface area contributed by atoms with E-state index in [1.165, 1.54) is 0 Å². The molecular formula is C9H9ClO2. The molecule has 0 amide bonds. The average Bonchev–Trinajstić information content (AvgIpc) is 2.09. The van der Waals surface area contributed by atoms with E-state index < -0.39 is 0 Å². The fourth-order valence-corrected chi connectivity index (χ4v) is 1.10. The number of hydrogen-bond acceptors (Lipinski definition) is 2. The first kappa shape index (κ1) is 9.23. The maximum Gasteiger partial charge on any atom is 0.151 e. The Balaban J connectivity index is 2.96. The molecule has 0 spiro atoms. The first-order valence-corrected chi connectivity index (χ1v) is 3.88. The van der Waals surface area contributed by atoms with Crippen LogP contribution in [0.1, 0.15) is 15.9 Å². The minimum Gasteiger partial charge on any atom is -0.380 e. The molecule has 0 radical (unpaired) electrons. The van der Waals surface area contributed by atoms with E-state index in [1.54, 1.807) is 19.2 Å². The van der Waals surface area contributed by atoms with E-state index in [2.05, 4.69) is 0 Å². The highest BCUT2D eigenvalue weighted by atomic mass is 35.5. The lowest BCUT2D eigenvalue weighted by Gasteiger charge is -2.01. The lowest BCUT2D eigenvalue weighted by molar-refractivity contribution is 0.112. The van der Waals surface area contributed by atoms with Crippen LogP contribution in [0.2, 0.25) is 5.02 Å². The van der Waals surface area contributed by atoms with Crippen LogP contribution >= 0.6 is 11.6 Å². The zero-order chi connectivity index (χ0) is 8.97. The average molecular weight is 185 g/mol. The van der Waals surface area contributed by atoms with Crippen molar-refractivity contribution < 1.29 is 9.53 Å². The van der Waals surface area contributed by atoms with Crippen LogP contribution < -0.4 is 0 Å². The van der Waals surface area contributed by atoms with Gasteiger partial charge in [0.15, 0.2) is 6.29 Å². The van der Waals surface area contributed by atoms with E-state index in [1.807, 2.05) is 6.07 Å². The molecular weight excluding hydrogens is 176 g/mol. The maximum atomic E-state index is 10.5. The van der Waals surface area contributed by atoms with Crippen molar-refractivity contribution in [3.05, 3.63) is 34.3 Å². The molecule has 12 heavy (non-hydrogen) atoms. The molecule has 3 heteroatoms. The zero-order valence-electron chi connectivity index (χ0n) is 6.71. The van der Waals surface area contributed by atoms with Gasteiger partial charge < -0.3 is 4.74 Å². The third-order valence-corrected chi connectivity index (χ3v) is 1.84. The number of hydrogen-bond donors (Lipinski definition) is 0. The maximum absolute atomic E-state index is 10.5. The van der Waals surface area contributed by atoms with E-state index in [0.29, 0.717) is 17.2 Å². The van der Waals surface area contributed by atoms with Crippen molar-refractivity contribution in [2.45, 2.75) is 6.61 Å². The van der Waals surface area contributed by atoms with Crippen LogP contribution in [0.15, 0.2) is 18.2 Å². The van der Waals surface area contributed by atoms with Crippen LogP contribution in [-0.4, -0.2) is 13.4 Å². The van der Waals surface area contributed by atoms with Crippen LogP contribution in [0.4, 0.5) is 0 Å². The number of methoxy groups -OCH3 is 1. The van der Waals surface area contributed by atoms with E-state index in [0.717, 1.165) is 11.8 Å². The van der Waals surface area contributed by atoms with Gasteiger partial charge in [0.05, 0.1) is 11.6 Å². The molecule has 0 aliphatic heterocycles. The van der Waals surface area contributed by atoms with Gasteiger partial charge in [-0.1, -0.05) is 17.7 Å². The summed E-state index contributed by atoms with van der Waals surface area (Å²) in [5.74, 6) is 0. The summed E-state index contributed by atoms with van der Waals surface area (Å²) < 4.78 is 4.91. The third kappa shape index (κ3) is 2.06. The second-order valence-corrected chi connectivity index (χ2v) is 2.81. The highest BCUT2D eigenvalue weighted by Gasteiger charge is 1.99. The molecule has 0 saturated carbocycles. The molecule has 0 aliphatic carbocycles. The molecule has 0 aliphatic rings. The SMILES string of the molecule is COCc1ccc(Cl)c(C=O)c1. The molecule has 2 nitrogen and oxygen atoms in total. The number of halogens is 1. The standard InChI is InChI=1S/C9H9ClO2/c1-12-6-7-2-3-9(10)8(4-7)5-11/h2-5H,6H2,1H3. The normalized spacial score (nSPS) is 9.83. The first-order valence-electron chi connectivity index (χ1n) is 3.50. The van der Waals surface area contributed by atoms with E-state index >= 15 is 0 Å². The molecule has 0 heterocycles. The predicted octanol–water partition coefficient (Wildman–Crippen LogP) is 2.30. The van der Waals surface area contributed by atoms with Crippen LogP contribution in [0, 0.1) is 0 Å². The Morgan fingerprint density at radius 1 is 1.58 bits per heavy atom. The van der Waals surface area contributed by atoms with Crippen molar-refractivity contribution in [3.63, 3.8) is 0 Å². The Labute approximate surface area is 76.1 Å². The number of ether oxygens (including phenoxy) is 1. The molecule has 1 rings (SSSR count). The monoisotopic (exact) mass is 184 g/mol. The molecule has 0 saturated heterocycles. The summed E-state index contributed by atoms with van der Waals surface area (Å²) in [5, 5.41) is 0.477. The highest BCUT2D eigenvalue weighted by molar-refractivity contribution is 6.32. The van der Waals surface area contributed by atoms with Crippen molar-refractivity contribution in [3.8, 4) is 0 Å². The summed E-state index contributed by atoms with van der Waals surface area (Å²) in [7, 11) is 1.61. The molecule has 0 N–H and O–H groups in total. The van der Waals surface area contributed by atoms with Gasteiger partial charge in [-0.25, -0.2) is 0 Å². The summed E-state index contributed by atoms with van der Waals surface area (Å²) in [4.78, 5) is 10.5. The largest absolute Gasteiger partial charge is 0.380 e. The molecule has 64 valence electrons. The lowest BCUT2D eigenvalue weighted by atomic mass is 10.1. The summed E-state index contributed by atoms with van der Waals surface area (Å²) >= 11 is 5.72.